The van der Waals surface area contributed by atoms with Crippen LogP contribution >= 0.6 is 0 Å². The van der Waals surface area contributed by atoms with Crippen molar-refractivity contribution in [3.05, 3.63) is 70.8 Å². The largest absolute Gasteiger partial charge is 0.401 e. The predicted molar refractivity (Wildman–Crippen MR) is 142 cm³/mol. The Kier molecular flexibility index (Phi) is 10.3. The number of nitrogens with zero attached hydrogens (tertiary/aromatic N) is 1. The van der Waals surface area contributed by atoms with Gasteiger partial charge in [0.2, 0.25) is 0 Å². The Morgan fingerprint density at radius 1 is 1.08 bits per heavy atom. The molecule has 8 heteroatoms. The first-order valence-electron chi connectivity index (χ1n) is 13.4. The number of nitrogens with one attached hydrogen (secondary N) is 1. The Balaban J connectivity index is 0.000000732. The van der Waals surface area contributed by atoms with Crippen molar-refractivity contribution in [2.24, 2.45) is 0 Å². The average Bonchev–Trinajstić information content (AvgIpc) is 2.82. The van der Waals surface area contributed by atoms with E-state index in [1.54, 1.807) is 19.1 Å². The summed E-state index contributed by atoms with van der Waals surface area (Å²) < 4.78 is 82.2. The minimum Gasteiger partial charge on any atom is -0.382 e. The molecule has 0 saturated heterocycles. The van der Waals surface area contributed by atoms with E-state index >= 15 is 8.78 Å². The number of hydrogen-bond donors (Lipinski definition) is 1. The van der Waals surface area contributed by atoms with Gasteiger partial charge < -0.3 is 5.32 Å². The van der Waals surface area contributed by atoms with Gasteiger partial charge in [0.15, 0.2) is 0 Å². The van der Waals surface area contributed by atoms with E-state index in [0.717, 1.165) is 60.1 Å². The molecule has 0 radical (unpaired) electrons. The highest BCUT2D eigenvalue weighted by atomic mass is 19.4. The monoisotopic (exact) mass is 540 g/mol. The van der Waals surface area contributed by atoms with Crippen molar-refractivity contribution in [2.75, 3.05) is 18.5 Å². The van der Waals surface area contributed by atoms with E-state index in [1.165, 1.54) is 12.1 Å². The van der Waals surface area contributed by atoms with E-state index < -0.39 is 36.4 Å². The highest BCUT2D eigenvalue weighted by Gasteiger charge is 2.42. The van der Waals surface area contributed by atoms with Crippen molar-refractivity contribution < 1.29 is 26.3 Å². The number of unbranched alkanes of at least 4 members (excludes halogenated alkanes) is 1. The van der Waals surface area contributed by atoms with Gasteiger partial charge in [-0.1, -0.05) is 45.0 Å². The molecule has 2 aromatic carbocycles. The third-order valence-corrected chi connectivity index (χ3v) is 7.36. The molecule has 1 aliphatic heterocycles. The molecule has 2 aromatic rings. The van der Waals surface area contributed by atoms with E-state index in [-0.39, 0.29) is 18.3 Å². The highest BCUT2D eigenvalue weighted by Crippen LogP contribution is 2.43. The fourth-order valence-corrected chi connectivity index (χ4v) is 4.97. The summed E-state index contributed by atoms with van der Waals surface area (Å²) in [6.45, 7) is 8.25. The Morgan fingerprint density at radius 3 is 2.21 bits per heavy atom. The normalized spacial score (nSPS) is 19.7. The lowest BCUT2D eigenvalue weighted by atomic mass is 9.83. The maximum atomic E-state index is 15.4. The van der Waals surface area contributed by atoms with Crippen molar-refractivity contribution in [1.82, 2.24) is 4.90 Å². The Bertz CT molecular complexity index is 1070. The number of rotatable bonds is 8. The van der Waals surface area contributed by atoms with Gasteiger partial charge in [0.05, 0.1) is 19.3 Å². The summed E-state index contributed by atoms with van der Waals surface area (Å²) in [6.07, 6.45) is 1.21. The molecule has 0 aromatic heterocycles. The van der Waals surface area contributed by atoms with Gasteiger partial charge in [0.25, 0.3) is 0 Å². The zero-order chi connectivity index (χ0) is 28.0. The SMILES string of the molecule is C=C(CC)c1ccc2c(c1)C[C@@H](C)N(CC(F)(F)F)C2c1c(F)cc(NC2CCC2)cc1F.CCCCF. The fraction of sp³-hybridized carbons (Fsp3) is 0.533. The quantitative estimate of drug-likeness (QED) is 0.336. The summed E-state index contributed by atoms with van der Waals surface area (Å²) in [7, 11) is 0. The summed E-state index contributed by atoms with van der Waals surface area (Å²) in [5.74, 6) is -1.67. The molecule has 1 N–H and O–H groups in total. The van der Waals surface area contributed by atoms with Crippen LogP contribution < -0.4 is 5.32 Å². The lowest BCUT2D eigenvalue weighted by molar-refractivity contribution is -0.155. The first kappa shape index (κ1) is 30.1. The molecule has 38 heavy (non-hydrogen) atoms. The molecule has 0 bridgehead atoms. The van der Waals surface area contributed by atoms with Crippen LogP contribution in [-0.2, 0) is 6.42 Å². The number of alkyl halides is 4. The van der Waals surface area contributed by atoms with Crippen LogP contribution in [0.3, 0.4) is 0 Å². The first-order valence-corrected chi connectivity index (χ1v) is 13.4. The summed E-state index contributed by atoms with van der Waals surface area (Å²) in [6, 6.07) is 6.23. The number of fused-ring (bicyclic) bond motifs is 1. The van der Waals surface area contributed by atoms with Gasteiger partial charge in [-0.05, 0) is 79.8 Å². The smallest absolute Gasteiger partial charge is 0.382 e. The van der Waals surface area contributed by atoms with Gasteiger partial charge in [-0.2, -0.15) is 13.2 Å². The third kappa shape index (κ3) is 7.33. The predicted octanol–water partition coefficient (Wildman–Crippen LogP) is 9.01. The maximum Gasteiger partial charge on any atom is 0.401 e. The molecule has 1 heterocycles. The molecule has 1 aliphatic carbocycles. The van der Waals surface area contributed by atoms with E-state index in [0.29, 0.717) is 17.7 Å². The molecule has 1 saturated carbocycles. The molecule has 4 rings (SSSR count). The van der Waals surface area contributed by atoms with Crippen molar-refractivity contribution in [2.45, 2.75) is 90.0 Å². The molecule has 2 nitrogen and oxygen atoms in total. The van der Waals surface area contributed by atoms with Crippen LogP contribution in [0.25, 0.3) is 5.57 Å². The van der Waals surface area contributed by atoms with Crippen LogP contribution in [0.2, 0.25) is 0 Å². The van der Waals surface area contributed by atoms with Crippen LogP contribution in [0.1, 0.15) is 87.6 Å². The topological polar surface area (TPSA) is 15.3 Å². The lowest BCUT2D eigenvalue weighted by Gasteiger charge is -2.43. The number of anilines is 1. The molecule has 2 aliphatic rings. The van der Waals surface area contributed by atoms with Crippen LogP contribution in [0.5, 0.6) is 0 Å². The lowest BCUT2D eigenvalue weighted by Crippen LogP contribution is -2.47. The number of halogens is 6. The molecule has 1 unspecified atom stereocenters. The minimum absolute atomic E-state index is 0.156. The van der Waals surface area contributed by atoms with Gasteiger partial charge >= 0.3 is 6.18 Å². The standard InChI is InChI=1S/C26H29F5N2.C4H9F/c1-4-15(2)17-8-9-21-18(11-17)10-16(3)33(14-26(29,30)31)25(21)24-22(27)12-20(13-23(24)28)32-19-6-5-7-19;1-2-3-4-5/h8-9,11-13,16,19,25,32H,2,4-7,10,14H2,1,3H3;2-4H2,1H3/t16-,25?;/m1./s1. The second kappa shape index (κ2) is 13.0. The van der Waals surface area contributed by atoms with Gasteiger partial charge in [0, 0.05) is 23.3 Å². The number of hydrogen-bond acceptors (Lipinski definition) is 2. The van der Waals surface area contributed by atoms with Crippen molar-refractivity contribution in [3.63, 3.8) is 0 Å². The van der Waals surface area contributed by atoms with E-state index in [1.807, 2.05) is 19.9 Å². The average molecular weight is 541 g/mol. The third-order valence-electron chi connectivity index (χ3n) is 7.36. The first-order chi connectivity index (χ1) is 18.0. The second-order valence-electron chi connectivity index (χ2n) is 10.3. The molecule has 2 atom stereocenters. The maximum absolute atomic E-state index is 15.4. The van der Waals surface area contributed by atoms with Gasteiger partial charge in [0.1, 0.15) is 11.6 Å². The van der Waals surface area contributed by atoms with Crippen molar-refractivity contribution in [1.29, 1.82) is 0 Å². The Hall–Kier alpha value is -2.48. The number of benzene rings is 2. The molecule has 210 valence electrons. The summed E-state index contributed by atoms with van der Waals surface area (Å²) in [5.41, 5.74) is 3.08. The summed E-state index contributed by atoms with van der Waals surface area (Å²) >= 11 is 0. The molecular weight excluding hydrogens is 502 g/mol. The minimum atomic E-state index is -4.50. The fourth-order valence-electron chi connectivity index (χ4n) is 4.97. The molecular formula is C30H38F6N2. The highest BCUT2D eigenvalue weighted by molar-refractivity contribution is 5.65. The van der Waals surface area contributed by atoms with Crippen LogP contribution in [-0.4, -0.2) is 36.4 Å². The van der Waals surface area contributed by atoms with E-state index in [9.17, 15) is 17.6 Å². The van der Waals surface area contributed by atoms with Gasteiger partial charge in [-0.3, -0.25) is 9.29 Å². The molecule has 0 amide bonds. The summed E-state index contributed by atoms with van der Waals surface area (Å²) in [5, 5.41) is 3.11. The zero-order valence-electron chi connectivity index (χ0n) is 22.4. The van der Waals surface area contributed by atoms with Crippen molar-refractivity contribution >= 4 is 11.3 Å². The van der Waals surface area contributed by atoms with E-state index in [4.69, 9.17) is 0 Å². The summed E-state index contributed by atoms with van der Waals surface area (Å²) in [4.78, 5) is 1.16. The molecule has 1 fully saturated rings. The van der Waals surface area contributed by atoms with Gasteiger partial charge in [-0.25, -0.2) is 8.78 Å². The molecule has 0 spiro atoms. The van der Waals surface area contributed by atoms with Crippen molar-refractivity contribution in [3.8, 4) is 0 Å². The van der Waals surface area contributed by atoms with Crippen LogP contribution in [0.15, 0.2) is 36.9 Å². The number of allylic oxidation sites excluding steroid dienone is 1. The second-order valence-corrected chi connectivity index (χ2v) is 10.3. The van der Waals surface area contributed by atoms with Crippen LogP contribution in [0, 0.1) is 11.6 Å². The van der Waals surface area contributed by atoms with Crippen LogP contribution in [0.4, 0.5) is 32.0 Å². The Morgan fingerprint density at radius 2 is 1.74 bits per heavy atom. The zero-order valence-corrected chi connectivity index (χ0v) is 22.4. The van der Waals surface area contributed by atoms with Gasteiger partial charge in [-0.15, -0.1) is 0 Å². The Labute approximate surface area is 222 Å². The van der Waals surface area contributed by atoms with E-state index in [2.05, 4.69) is 11.9 Å².